The second-order valence-electron chi connectivity index (χ2n) is 4.37. The van der Waals surface area contributed by atoms with Gasteiger partial charge in [-0.15, -0.1) is 0 Å². The van der Waals surface area contributed by atoms with Gasteiger partial charge in [0.05, 0.1) is 6.10 Å². The first kappa shape index (κ1) is 14.2. The molecule has 0 aliphatic heterocycles. The number of ether oxygens (including phenoxy) is 1. The van der Waals surface area contributed by atoms with E-state index in [9.17, 15) is 4.79 Å². The maximum Gasteiger partial charge on any atom is 0.246 e. The maximum atomic E-state index is 11.4. The fraction of sp³-hybridized carbons (Fsp3) is 0.769. The number of likely N-dealkylation sites (N-methyl/N-ethyl adjacent to an activating group) is 1. The molecule has 0 fully saturated rings. The Morgan fingerprint density at radius 3 is 2.94 bits per heavy atom. The highest BCUT2D eigenvalue weighted by atomic mass is 16.5. The molecule has 1 aliphatic rings. The molecule has 2 N–H and O–H groups in total. The normalized spacial score (nSPS) is 20.6. The van der Waals surface area contributed by atoms with E-state index in [1.165, 1.54) is 0 Å². The quantitative estimate of drug-likeness (QED) is 0.542. The van der Waals surface area contributed by atoms with Crippen LogP contribution in [0.5, 0.6) is 0 Å². The molecular weight excluding hydrogens is 216 g/mol. The van der Waals surface area contributed by atoms with Gasteiger partial charge in [-0.1, -0.05) is 12.2 Å². The molecule has 1 rings (SSSR count). The lowest BCUT2D eigenvalue weighted by atomic mass is 10.0. The van der Waals surface area contributed by atoms with Gasteiger partial charge in [-0.25, -0.2) is 0 Å². The summed E-state index contributed by atoms with van der Waals surface area (Å²) >= 11 is 0. The van der Waals surface area contributed by atoms with E-state index in [1.807, 2.05) is 7.05 Å². The second-order valence-corrected chi connectivity index (χ2v) is 4.37. The van der Waals surface area contributed by atoms with E-state index in [0.29, 0.717) is 6.54 Å². The van der Waals surface area contributed by atoms with E-state index < -0.39 is 0 Å². The van der Waals surface area contributed by atoms with Crippen molar-refractivity contribution in [1.29, 1.82) is 0 Å². The second kappa shape index (κ2) is 9.19. The third kappa shape index (κ3) is 7.13. The Balaban J connectivity index is 2.11. The molecule has 4 nitrogen and oxygen atoms in total. The Labute approximate surface area is 104 Å². The molecule has 0 spiro atoms. The van der Waals surface area contributed by atoms with Crippen LogP contribution in [0.15, 0.2) is 12.2 Å². The van der Waals surface area contributed by atoms with E-state index >= 15 is 0 Å². The molecule has 98 valence electrons. The number of nitrogens with one attached hydrogen (secondary N) is 2. The molecule has 17 heavy (non-hydrogen) atoms. The molecule has 0 aromatic heterocycles. The van der Waals surface area contributed by atoms with Crippen molar-refractivity contribution >= 4 is 5.91 Å². The van der Waals surface area contributed by atoms with Crippen molar-refractivity contribution < 1.29 is 9.53 Å². The summed E-state index contributed by atoms with van der Waals surface area (Å²) in [4.78, 5) is 11.4. The standard InChI is InChI=1S/C13H24N2O2/c1-14-9-10-15-13(16)11-17-12-7-5-3-2-4-6-8-12/h2-3,12,14H,4-11H2,1H3,(H,15,16). The zero-order valence-corrected chi connectivity index (χ0v) is 10.7. The Morgan fingerprint density at radius 2 is 2.12 bits per heavy atom. The molecule has 1 aliphatic carbocycles. The molecular formula is C13H24N2O2. The maximum absolute atomic E-state index is 11.4. The average molecular weight is 240 g/mol. The Kier molecular flexibility index (Phi) is 7.67. The lowest BCUT2D eigenvalue weighted by Gasteiger charge is -2.18. The van der Waals surface area contributed by atoms with Gasteiger partial charge in [-0.05, 0) is 39.2 Å². The van der Waals surface area contributed by atoms with Gasteiger partial charge in [0.1, 0.15) is 6.61 Å². The Bertz CT molecular complexity index is 242. The molecule has 0 saturated heterocycles. The first-order chi connectivity index (χ1) is 8.33. The van der Waals surface area contributed by atoms with Crippen LogP contribution in [0.2, 0.25) is 0 Å². The van der Waals surface area contributed by atoms with Crippen molar-refractivity contribution in [3.8, 4) is 0 Å². The summed E-state index contributed by atoms with van der Waals surface area (Å²) in [6, 6.07) is 0. The van der Waals surface area contributed by atoms with E-state index in [-0.39, 0.29) is 18.6 Å². The van der Waals surface area contributed by atoms with Gasteiger partial charge >= 0.3 is 0 Å². The molecule has 0 radical (unpaired) electrons. The monoisotopic (exact) mass is 240 g/mol. The van der Waals surface area contributed by atoms with Crippen molar-refractivity contribution in [3.63, 3.8) is 0 Å². The van der Waals surface area contributed by atoms with Crippen LogP contribution in [-0.4, -0.2) is 38.8 Å². The highest BCUT2D eigenvalue weighted by molar-refractivity contribution is 5.77. The van der Waals surface area contributed by atoms with Crippen molar-refractivity contribution in [1.82, 2.24) is 10.6 Å². The molecule has 0 saturated carbocycles. The van der Waals surface area contributed by atoms with Crippen molar-refractivity contribution in [2.24, 2.45) is 0 Å². The largest absolute Gasteiger partial charge is 0.368 e. The van der Waals surface area contributed by atoms with Gasteiger partial charge in [0, 0.05) is 13.1 Å². The first-order valence-corrected chi connectivity index (χ1v) is 6.51. The molecule has 0 heterocycles. The minimum Gasteiger partial charge on any atom is -0.368 e. The number of carbonyl (C=O) groups is 1. The summed E-state index contributed by atoms with van der Waals surface area (Å²) in [5.41, 5.74) is 0. The van der Waals surface area contributed by atoms with Crippen molar-refractivity contribution in [2.75, 3.05) is 26.7 Å². The zero-order valence-electron chi connectivity index (χ0n) is 10.7. The number of carbonyl (C=O) groups excluding carboxylic acids is 1. The Morgan fingerprint density at radius 1 is 1.29 bits per heavy atom. The fourth-order valence-electron chi connectivity index (χ4n) is 1.86. The highest BCUT2D eigenvalue weighted by Gasteiger charge is 2.11. The van der Waals surface area contributed by atoms with Crippen LogP contribution in [0.3, 0.4) is 0 Å². The third-order valence-electron chi connectivity index (χ3n) is 2.87. The number of hydrogen-bond acceptors (Lipinski definition) is 3. The lowest BCUT2D eigenvalue weighted by molar-refractivity contribution is -0.127. The molecule has 1 amide bonds. The summed E-state index contributed by atoms with van der Waals surface area (Å²) in [7, 11) is 1.87. The van der Waals surface area contributed by atoms with Crippen molar-refractivity contribution in [2.45, 2.75) is 38.2 Å². The number of rotatable bonds is 6. The molecule has 1 unspecified atom stereocenters. The van der Waals surface area contributed by atoms with Gasteiger partial charge in [0.2, 0.25) is 5.91 Å². The van der Waals surface area contributed by atoms with Crippen LogP contribution in [0, 0.1) is 0 Å². The fourth-order valence-corrected chi connectivity index (χ4v) is 1.86. The van der Waals surface area contributed by atoms with Crippen LogP contribution in [0.1, 0.15) is 32.1 Å². The molecule has 0 aromatic carbocycles. The SMILES string of the molecule is CNCCNC(=O)COC1CCC=CCCC1. The molecule has 0 bridgehead atoms. The van der Waals surface area contributed by atoms with Crippen molar-refractivity contribution in [3.05, 3.63) is 12.2 Å². The Hall–Kier alpha value is -0.870. The zero-order chi connectivity index (χ0) is 12.3. The van der Waals surface area contributed by atoms with E-state index in [4.69, 9.17) is 4.74 Å². The van der Waals surface area contributed by atoms with Gasteiger partial charge in [-0.2, -0.15) is 0 Å². The van der Waals surface area contributed by atoms with Crippen LogP contribution in [0.4, 0.5) is 0 Å². The number of allylic oxidation sites excluding steroid dienone is 2. The van der Waals surface area contributed by atoms with E-state index in [1.54, 1.807) is 0 Å². The summed E-state index contributed by atoms with van der Waals surface area (Å²) in [6.07, 6.45) is 10.1. The summed E-state index contributed by atoms with van der Waals surface area (Å²) in [5.74, 6) is -0.0159. The predicted octanol–water partition coefficient (Wildman–Crippen LogP) is 1.23. The van der Waals surface area contributed by atoms with Gasteiger partial charge < -0.3 is 15.4 Å². The molecule has 1 atom stereocenters. The van der Waals surface area contributed by atoms with E-state index in [0.717, 1.165) is 38.6 Å². The first-order valence-electron chi connectivity index (χ1n) is 6.51. The summed E-state index contributed by atoms with van der Waals surface area (Å²) in [5, 5.41) is 5.79. The third-order valence-corrected chi connectivity index (χ3v) is 2.87. The summed E-state index contributed by atoms with van der Waals surface area (Å²) < 4.78 is 5.64. The van der Waals surface area contributed by atoms with Gasteiger partial charge in [-0.3, -0.25) is 4.79 Å². The number of amides is 1. The average Bonchev–Trinajstić information content (AvgIpc) is 2.28. The van der Waals surface area contributed by atoms with E-state index in [2.05, 4.69) is 22.8 Å². The van der Waals surface area contributed by atoms with Gasteiger partial charge in [0.15, 0.2) is 0 Å². The predicted molar refractivity (Wildman–Crippen MR) is 68.9 cm³/mol. The van der Waals surface area contributed by atoms with Crippen LogP contribution in [-0.2, 0) is 9.53 Å². The molecule has 0 aromatic rings. The smallest absolute Gasteiger partial charge is 0.246 e. The lowest BCUT2D eigenvalue weighted by Crippen LogP contribution is -2.34. The topological polar surface area (TPSA) is 50.4 Å². The minimum absolute atomic E-state index is 0.0159. The minimum atomic E-state index is -0.0159. The number of hydrogen-bond donors (Lipinski definition) is 2. The van der Waals surface area contributed by atoms with Crippen LogP contribution < -0.4 is 10.6 Å². The van der Waals surface area contributed by atoms with Crippen LogP contribution >= 0.6 is 0 Å². The van der Waals surface area contributed by atoms with Crippen LogP contribution in [0.25, 0.3) is 0 Å². The highest BCUT2D eigenvalue weighted by Crippen LogP contribution is 2.15. The summed E-state index contributed by atoms with van der Waals surface area (Å²) in [6.45, 7) is 1.64. The van der Waals surface area contributed by atoms with Gasteiger partial charge in [0.25, 0.3) is 0 Å². The molecule has 4 heteroatoms.